The first-order chi connectivity index (χ1) is 8.07. The topological polar surface area (TPSA) is 46.2 Å². The molecule has 2 rings (SSSR count). The van der Waals surface area contributed by atoms with E-state index in [0.717, 1.165) is 25.8 Å². The van der Waals surface area contributed by atoms with E-state index in [2.05, 4.69) is 5.32 Å². The van der Waals surface area contributed by atoms with Crippen LogP contribution in [0, 0.1) is 0 Å². The maximum Gasteiger partial charge on any atom is 0.151 e. The van der Waals surface area contributed by atoms with E-state index < -0.39 is 9.84 Å². The third-order valence-electron chi connectivity index (χ3n) is 3.88. The Bertz CT molecular complexity index is 336. The highest BCUT2D eigenvalue weighted by Crippen LogP contribution is 2.27. The zero-order chi connectivity index (χ0) is 12.3. The predicted octanol–water partition coefficient (Wildman–Crippen LogP) is 1.83. The number of hydrogen-bond acceptors (Lipinski definition) is 4. The summed E-state index contributed by atoms with van der Waals surface area (Å²) in [5.41, 5.74) is 0. The Morgan fingerprint density at radius 1 is 1.18 bits per heavy atom. The van der Waals surface area contributed by atoms with Crippen LogP contribution in [-0.2, 0) is 9.84 Å². The van der Waals surface area contributed by atoms with Gasteiger partial charge in [0.25, 0.3) is 0 Å². The summed E-state index contributed by atoms with van der Waals surface area (Å²) in [4.78, 5) is 0. The molecule has 2 aliphatic rings. The third kappa shape index (κ3) is 3.86. The third-order valence-corrected chi connectivity index (χ3v) is 6.95. The molecule has 0 aromatic heterocycles. The molecule has 0 aromatic carbocycles. The zero-order valence-corrected chi connectivity index (χ0v) is 12.2. The number of rotatable bonds is 4. The van der Waals surface area contributed by atoms with Crippen LogP contribution in [0.5, 0.6) is 0 Å². The maximum absolute atomic E-state index is 11.6. The highest BCUT2D eigenvalue weighted by molar-refractivity contribution is 7.99. The van der Waals surface area contributed by atoms with Gasteiger partial charge < -0.3 is 5.32 Å². The average Bonchev–Trinajstić information content (AvgIpc) is 2.75. The quantitative estimate of drug-likeness (QED) is 0.851. The van der Waals surface area contributed by atoms with E-state index in [9.17, 15) is 8.42 Å². The molecule has 3 nitrogen and oxygen atoms in total. The van der Waals surface area contributed by atoms with Crippen LogP contribution < -0.4 is 5.32 Å². The molecule has 0 aromatic rings. The summed E-state index contributed by atoms with van der Waals surface area (Å²) in [6.07, 6.45) is 8.26. The highest BCUT2D eigenvalue weighted by atomic mass is 32.2. The van der Waals surface area contributed by atoms with E-state index in [-0.39, 0.29) is 11.3 Å². The van der Waals surface area contributed by atoms with Crippen molar-refractivity contribution in [2.24, 2.45) is 0 Å². The maximum atomic E-state index is 11.6. The second-order valence-corrected chi connectivity index (χ2v) is 8.98. The predicted molar refractivity (Wildman–Crippen MR) is 74.4 cm³/mol. The van der Waals surface area contributed by atoms with Gasteiger partial charge in [-0.3, -0.25) is 0 Å². The minimum absolute atomic E-state index is 0.143. The van der Waals surface area contributed by atoms with E-state index in [0.29, 0.717) is 5.25 Å². The lowest BCUT2D eigenvalue weighted by Crippen LogP contribution is -2.43. The normalized spacial score (nSPS) is 35.0. The van der Waals surface area contributed by atoms with Crippen molar-refractivity contribution in [1.82, 2.24) is 5.32 Å². The second kappa shape index (κ2) is 5.93. The molecule has 100 valence electrons. The van der Waals surface area contributed by atoms with Crippen molar-refractivity contribution in [1.29, 1.82) is 0 Å². The van der Waals surface area contributed by atoms with Crippen LogP contribution >= 0.6 is 11.8 Å². The Morgan fingerprint density at radius 3 is 2.65 bits per heavy atom. The lowest BCUT2D eigenvalue weighted by Gasteiger charge is -2.25. The molecule has 5 heteroatoms. The number of nitrogens with one attached hydrogen (secondary N) is 1. The van der Waals surface area contributed by atoms with Gasteiger partial charge in [0.15, 0.2) is 9.84 Å². The van der Waals surface area contributed by atoms with Crippen LogP contribution in [0.4, 0.5) is 0 Å². The Labute approximate surface area is 109 Å². The first-order valence-corrected chi connectivity index (χ1v) is 9.61. The molecule has 1 heterocycles. The van der Waals surface area contributed by atoms with Gasteiger partial charge in [0.2, 0.25) is 0 Å². The molecule has 0 spiro atoms. The van der Waals surface area contributed by atoms with Crippen molar-refractivity contribution in [3.05, 3.63) is 0 Å². The molecule has 0 amide bonds. The van der Waals surface area contributed by atoms with Gasteiger partial charge in [-0.15, -0.1) is 0 Å². The number of sulfone groups is 1. The Kier molecular flexibility index (Phi) is 4.78. The van der Waals surface area contributed by atoms with E-state index >= 15 is 0 Å². The van der Waals surface area contributed by atoms with Gasteiger partial charge in [0.1, 0.15) is 0 Å². The van der Waals surface area contributed by atoms with Gasteiger partial charge in [-0.1, -0.05) is 12.8 Å². The molecule has 17 heavy (non-hydrogen) atoms. The van der Waals surface area contributed by atoms with Gasteiger partial charge in [-0.2, -0.15) is 11.8 Å². The molecule has 1 aliphatic carbocycles. The van der Waals surface area contributed by atoms with Crippen molar-refractivity contribution in [2.45, 2.75) is 55.1 Å². The fourth-order valence-corrected chi connectivity index (χ4v) is 5.60. The van der Waals surface area contributed by atoms with Crippen molar-refractivity contribution in [2.75, 3.05) is 18.6 Å². The van der Waals surface area contributed by atoms with Crippen LogP contribution in [0.1, 0.15) is 38.5 Å². The Hall–Kier alpha value is 0.260. The Balaban J connectivity index is 1.81. The van der Waals surface area contributed by atoms with E-state index in [4.69, 9.17) is 0 Å². The molecular weight excluding hydrogens is 254 g/mol. The first kappa shape index (κ1) is 13.7. The molecule has 1 saturated heterocycles. The minimum Gasteiger partial charge on any atom is -0.312 e. The van der Waals surface area contributed by atoms with Gasteiger partial charge >= 0.3 is 0 Å². The molecule has 1 aliphatic heterocycles. The van der Waals surface area contributed by atoms with Crippen molar-refractivity contribution in [3.63, 3.8) is 0 Å². The summed E-state index contributed by atoms with van der Waals surface area (Å²) in [6.45, 7) is 0.987. The van der Waals surface area contributed by atoms with Crippen LogP contribution in [-0.4, -0.2) is 43.5 Å². The summed E-state index contributed by atoms with van der Waals surface area (Å²) < 4.78 is 23.3. The van der Waals surface area contributed by atoms with Crippen molar-refractivity contribution < 1.29 is 8.42 Å². The number of thioether (sulfide) groups is 1. The molecule has 1 saturated carbocycles. The van der Waals surface area contributed by atoms with Crippen LogP contribution in [0.25, 0.3) is 0 Å². The van der Waals surface area contributed by atoms with Crippen LogP contribution in [0.2, 0.25) is 0 Å². The monoisotopic (exact) mass is 277 g/mol. The molecule has 3 atom stereocenters. The molecule has 3 unspecified atom stereocenters. The lowest BCUT2D eigenvalue weighted by atomic mass is 10.1. The summed E-state index contributed by atoms with van der Waals surface area (Å²) in [5.74, 6) is 1.27. The summed E-state index contributed by atoms with van der Waals surface area (Å²) in [7, 11) is -2.87. The van der Waals surface area contributed by atoms with Crippen LogP contribution in [0.3, 0.4) is 0 Å². The van der Waals surface area contributed by atoms with E-state index in [1.54, 1.807) is 0 Å². The summed E-state index contributed by atoms with van der Waals surface area (Å²) in [5, 5.41) is 4.06. The molecule has 1 N–H and O–H groups in total. The standard InChI is InChI=1S/C12H23NO2S2/c1-17(14,15)12-7-4-6-11(12)13-9-10-5-2-3-8-16-10/h10-13H,2-9H2,1H3. The summed E-state index contributed by atoms with van der Waals surface area (Å²) >= 11 is 2.04. The van der Waals surface area contributed by atoms with Crippen LogP contribution in [0.15, 0.2) is 0 Å². The molecule has 2 fully saturated rings. The average molecular weight is 277 g/mol. The zero-order valence-electron chi connectivity index (χ0n) is 10.5. The lowest BCUT2D eigenvalue weighted by molar-refractivity contribution is 0.493. The van der Waals surface area contributed by atoms with Crippen molar-refractivity contribution in [3.8, 4) is 0 Å². The molecule has 0 radical (unpaired) electrons. The smallest absolute Gasteiger partial charge is 0.151 e. The van der Waals surface area contributed by atoms with Gasteiger partial charge in [0, 0.05) is 24.1 Å². The largest absolute Gasteiger partial charge is 0.312 e. The van der Waals surface area contributed by atoms with Gasteiger partial charge in [0.05, 0.1) is 5.25 Å². The minimum atomic E-state index is -2.87. The van der Waals surface area contributed by atoms with Gasteiger partial charge in [-0.25, -0.2) is 8.42 Å². The van der Waals surface area contributed by atoms with E-state index in [1.165, 1.54) is 31.3 Å². The molecular formula is C12H23NO2S2. The second-order valence-electron chi connectivity index (χ2n) is 5.30. The van der Waals surface area contributed by atoms with E-state index in [1.807, 2.05) is 11.8 Å². The summed E-state index contributed by atoms with van der Waals surface area (Å²) in [6, 6.07) is 0.201. The SMILES string of the molecule is CS(=O)(=O)C1CCCC1NCC1CCCCS1. The Morgan fingerprint density at radius 2 is 2.00 bits per heavy atom. The number of hydrogen-bond donors (Lipinski definition) is 1. The van der Waals surface area contributed by atoms with Crippen molar-refractivity contribution >= 4 is 21.6 Å². The van der Waals surface area contributed by atoms with Gasteiger partial charge in [-0.05, 0) is 31.4 Å². The fraction of sp³-hybridized carbons (Fsp3) is 1.00. The first-order valence-electron chi connectivity index (χ1n) is 6.61. The fourth-order valence-electron chi connectivity index (χ4n) is 2.92. The highest BCUT2D eigenvalue weighted by Gasteiger charge is 2.34. The molecule has 0 bridgehead atoms.